The summed E-state index contributed by atoms with van der Waals surface area (Å²) in [5, 5.41) is 18.8. The number of nitriles is 2. The van der Waals surface area contributed by atoms with Gasteiger partial charge in [0.25, 0.3) is 0 Å². The zero-order valence-corrected chi connectivity index (χ0v) is 12.9. The Morgan fingerprint density at radius 1 is 1.13 bits per heavy atom. The van der Waals surface area contributed by atoms with E-state index in [4.69, 9.17) is 10.00 Å². The molecule has 5 heteroatoms. The lowest BCUT2D eigenvalue weighted by Crippen LogP contribution is -1.95. The average Bonchev–Trinajstić information content (AvgIpc) is 3.02. The van der Waals surface area contributed by atoms with E-state index >= 15 is 0 Å². The van der Waals surface area contributed by atoms with Gasteiger partial charge in [0.05, 0.1) is 15.8 Å². The third-order valence-electron chi connectivity index (χ3n) is 3.16. The highest BCUT2D eigenvalue weighted by molar-refractivity contribution is 7.19. The standard InChI is InChI=1S/C18H11N3OS/c19-9-10-22-16-7-3-1-5-13(16)11-14(12-20)18-21-15-6-2-4-8-17(15)23-18/h1-8,11H,10H2/b14-11+. The van der Waals surface area contributed by atoms with E-state index in [1.165, 1.54) is 11.3 Å². The third kappa shape index (κ3) is 3.21. The second-order valence-corrected chi connectivity index (χ2v) is 5.67. The Balaban J connectivity index is 2.03. The van der Waals surface area contributed by atoms with E-state index < -0.39 is 0 Å². The van der Waals surface area contributed by atoms with Gasteiger partial charge >= 0.3 is 0 Å². The topological polar surface area (TPSA) is 69.7 Å². The van der Waals surface area contributed by atoms with Crippen molar-refractivity contribution in [3.63, 3.8) is 0 Å². The van der Waals surface area contributed by atoms with Crippen LogP contribution >= 0.6 is 11.3 Å². The Morgan fingerprint density at radius 2 is 1.91 bits per heavy atom. The predicted molar refractivity (Wildman–Crippen MR) is 90.7 cm³/mol. The molecule has 0 amide bonds. The highest BCUT2D eigenvalue weighted by atomic mass is 32.1. The van der Waals surface area contributed by atoms with Crippen molar-refractivity contribution in [2.24, 2.45) is 0 Å². The number of para-hydroxylation sites is 2. The molecular formula is C18H11N3OS. The van der Waals surface area contributed by atoms with Crippen LogP contribution in [0, 0.1) is 22.7 Å². The fourth-order valence-electron chi connectivity index (χ4n) is 2.13. The van der Waals surface area contributed by atoms with Crippen LogP contribution in [0.3, 0.4) is 0 Å². The van der Waals surface area contributed by atoms with E-state index in [2.05, 4.69) is 11.1 Å². The maximum absolute atomic E-state index is 9.49. The van der Waals surface area contributed by atoms with Gasteiger partial charge in [0.15, 0.2) is 6.61 Å². The first-order valence-corrected chi connectivity index (χ1v) is 7.70. The van der Waals surface area contributed by atoms with E-state index in [-0.39, 0.29) is 6.61 Å². The Bertz CT molecular complexity index is 927. The zero-order chi connectivity index (χ0) is 16.1. The highest BCUT2D eigenvalue weighted by Gasteiger charge is 2.10. The summed E-state index contributed by atoms with van der Waals surface area (Å²) in [6, 6.07) is 19.2. The number of rotatable bonds is 4. The molecule has 0 aliphatic rings. The van der Waals surface area contributed by atoms with Crippen LogP contribution in [0.2, 0.25) is 0 Å². The molecule has 1 heterocycles. The summed E-state index contributed by atoms with van der Waals surface area (Å²) in [5.41, 5.74) is 2.10. The summed E-state index contributed by atoms with van der Waals surface area (Å²) >= 11 is 1.48. The minimum atomic E-state index is -0.0339. The second kappa shape index (κ2) is 6.74. The van der Waals surface area contributed by atoms with Gasteiger partial charge in [-0.05, 0) is 24.3 Å². The van der Waals surface area contributed by atoms with Gasteiger partial charge in [0, 0.05) is 5.56 Å². The van der Waals surface area contributed by atoms with Crippen LogP contribution in [-0.4, -0.2) is 11.6 Å². The van der Waals surface area contributed by atoms with Crippen molar-refractivity contribution in [2.75, 3.05) is 6.61 Å². The second-order valence-electron chi connectivity index (χ2n) is 4.64. The van der Waals surface area contributed by atoms with Crippen molar-refractivity contribution in [3.05, 3.63) is 59.1 Å². The fraction of sp³-hybridized carbons (Fsp3) is 0.0556. The summed E-state index contributed by atoms with van der Waals surface area (Å²) in [4.78, 5) is 4.51. The Morgan fingerprint density at radius 3 is 2.70 bits per heavy atom. The van der Waals surface area contributed by atoms with Crippen molar-refractivity contribution in [3.8, 4) is 17.9 Å². The molecule has 4 nitrogen and oxygen atoms in total. The first-order valence-electron chi connectivity index (χ1n) is 6.88. The minimum absolute atomic E-state index is 0.0339. The normalized spacial score (nSPS) is 11.0. The molecule has 0 bridgehead atoms. The monoisotopic (exact) mass is 317 g/mol. The number of aromatic nitrogens is 1. The van der Waals surface area contributed by atoms with Crippen LogP contribution in [-0.2, 0) is 0 Å². The van der Waals surface area contributed by atoms with Crippen LogP contribution in [0.1, 0.15) is 10.6 Å². The number of benzene rings is 2. The first-order chi connectivity index (χ1) is 11.3. The smallest absolute Gasteiger partial charge is 0.174 e. The summed E-state index contributed by atoms with van der Waals surface area (Å²) in [5.74, 6) is 0.572. The third-order valence-corrected chi connectivity index (χ3v) is 4.23. The van der Waals surface area contributed by atoms with Gasteiger partial charge in [-0.25, -0.2) is 4.98 Å². The molecule has 2 aromatic carbocycles. The summed E-state index contributed by atoms with van der Waals surface area (Å²) < 4.78 is 6.43. The lowest BCUT2D eigenvalue weighted by atomic mass is 10.1. The number of ether oxygens (including phenoxy) is 1. The summed E-state index contributed by atoms with van der Waals surface area (Å²) in [6.07, 6.45) is 1.74. The van der Waals surface area contributed by atoms with Crippen LogP contribution in [0.15, 0.2) is 48.5 Å². The molecule has 3 aromatic rings. The van der Waals surface area contributed by atoms with Gasteiger partial charge in [-0.3, -0.25) is 0 Å². The molecule has 0 N–H and O–H groups in total. The molecule has 0 fully saturated rings. The maximum atomic E-state index is 9.49. The van der Waals surface area contributed by atoms with Gasteiger partial charge < -0.3 is 4.74 Å². The largest absolute Gasteiger partial charge is 0.478 e. The van der Waals surface area contributed by atoms with E-state index in [0.717, 1.165) is 15.8 Å². The van der Waals surface area contributed by atoms with Crippen LogP contribution in [0.4, 0.5) is 0 Å². The molecule has 0 unspecified atom stereocenters. The zero-order valence-electron chi connectivity index (χ0n) is 12.1. The first kappa shape index (κ1) is 14.8. The molecule has 0 saturated heterocycles. The van der Waals surface area contributed by atoms with Gasteiger partial charge in [-0.15, -0.1) is 11.3 Å². The summed E-state index contributed by atoms with van der Waals surface area (Å²) in [6.45, 7) is -0.0339. The van der Waals surface area contributed by atoms with Crippen molar-refractivity contribution in [1.82, 2.24) is 4.98 Å². The minimum Gasteiger partial charge on any atom is -0.478 e. The molecule has 0 spiro atoms. The number of allylic oxidation sites excluding steroid dienone is 1. The molecule has 0 saturated carbocycles. The Kier molecular flexibility index (Phi) is 4.33. The lowest BCUT2D eigenvalue weighted by molar-refractivity contribution is 0.367. The number of hydrogen-bond acceptors (Lipinski definition) is 5. The van der Waals surface area contributed by atoms with Gasteiger partial charge in [-0.1, -0.05) is 30.3 Å². The van der Waals surface area contributed by atoms with E-state index in [0.29, 0.717) is 16.3 Å². The SMILES string of the molecule is N#CCOc1ccccc1/C=C(\C#N)c1nc2ccccc2s1. The average molecular weight is 317 g/mol. The van der Waals surface area contributed by atoms with Gasteiger partial charge in [0.2, 0.25) is 0 Å². The van der Waals surface area contributed by atoms with Crippen molar-refractivity contribution in [2.45, 2.75) is 0 Å². The van der Waals surface area contributed by atoms with Gasteiger partial charge in [-0.2, -0.15) is 10.5 Å². The molecule has 1 aromatic heterocycles. The van der Waals surface area contributed by atoms with Crippen LogP contribution in [0.5, 0.6) is 5.75 Å². The van der Waals surface area contributed by atoms with E-state index in [9.17, 15) is 5.26 Å². The predicted octanol–water partition coefficient (Wildman–Crippen LogP) is 4.26. The molecule has 0 atom stereocenters. The number of nitrogens with zero attached hydrogens (tertiary/aromatic N) is 3. The van der Waals surface area contributed by atoms with Crippen LogP contribution < -0.4 is 4.74 Å². The molecule has 3 rings (SSSR count). The number of thiazole rings is 1. The Labute approximate surface area is 137 Å². The van der Waals surface area contributed by atoms with Crippen molar-refractivity contribution < 1.29 is 4.74 Å². The molecule has 23 heavy (non-hydrogen) atoms. The number of hydrogen-bond donors (Lipinski definition) is 0. The molecule has 0 aliphatic heterocycles. The molecule has 0 radical (unpaired) electrons. The maximum Gasteiger partial charge on any atom is 0.174 e. The van der Waals surface area contributed by atoms with Crippen molar-refractivity contribution >= 4 is 33.2 Å². The van der Waals surface area contributed by atoms with E-state index in [1.807, 2.05) is 48.5 Å². The quantitative estimate of drug-likeness (QED) is 0.674. The molecule has 0 aliphatic carbocycles. The van der Waals surface area contributed by atoms with E-state index in [1.54, 1.807) is 12.1 Å². The van der Waals surface area contributed by atoms with Crippen molar-refractivity contribution in [1.29, 1.82) is 10.5 Å². The molecular weight excluding hydrogens is 306 g/mol. The highest BCUT2D eigenvalue weighted by Crippen LogP contribution is 2.29. The summed E-state index contributed by atoms with van der Waals surface area (Å²) in [7, 11) is 0. The fourth-order valence-corrected chi connectivity index (χ4v) is 3.06. The Hall–Kier alpha value is -3.15. The number of fused-ring (bicyclic) bond motifs is 1. The molecule has 110 valence electrons. The van der Waals surface area contributed by atoms with Crippen LogP contribution in [0.25, 0.3) is 21.9 Å². The van der Waals surface area contributed by atoms with Gasteiger partial charge in [0.1, 0.15) is 22.9 Å². The lowest BCUT2D eigenvalue weighted by Gasteiger charge is -2.05.